The van der Waals surface area contributed by atoms with Crippen molar-refractivity contribution in [3.05, 3.63) is 84.4 Å². The summed E-state index contributed by atoms with van der Waals surface area (Å²) in [7, 11) is 0. The van der Waals surface area contributed by atoms with Gasteiger partial charge in [0.05, 0.1) is 5.69 Å². The van der Waals surface area contributed by atoms with E-state index in [1.165, 1.54) is 4.90 Å². The number of hydrogen-bond acceptors (Lipinski definition) is 3. The highest BCUT2D eigenvalue weighted by Gasteiger charge is 2.27. The molecular weight excluding hydrogens is 364 g/mol. The molecule has 0 aromatic heterocycles. The van der Waals surface area contributed by atoms with E-state index in [1.54, 1.807) is 30.3 Å². The standard InChI is InChI=1S/C24H20N2O3/c27-22-11-6-12-23(28)26(22)19-15-13-18(14-16-19)25-24(29)21-10-5-4-9-20(21)17-7-2-1-3-8-17/h1-5,7-10,13-16H,6,11-12H2,(H,25,29). The summed E-state index contributed by atoms with van der Waals surface area (Å²) in [6, 6.07) is 23.9. The lowest BCUT2D eigenvalue weighted by Gasteiger charge is -2.25. The molecule has 3 amide bonds. The fraction of sp³-hybridized carbons (Fsp3) is 0.125. The van der Waals surface area contributed by atoms with E-state index in [2.05, 4.69) is 5.32 Å². The van der Waals surface area contributed by atoms with Crippen molar-refractivity contribution in [1.82, 2.24) is 0 Å². The van der Waals surface area contributed by atoms with Gasteiger partial charge >= 0.3 is 0 Å². The van der Waals surface area contributed by atoms with Crippen molar-refractivity contribution in [2.24, 2.45) is 0 Å². The predicted octanol–water partition coefficient (Wildman–Crippen LogP) is 4.65. The molecule has 0 bridgehead atoms. The summed E-state index contributed by atoms with van der Waals surface area (Å²) in [4.78, 5) is 38.2. The Balaban J connectivity index is 1.54. The smallest absolute Gasteiger partial charge is 0.256 e. The number of nitrogens with one attached hydrogen (secondary N) is 1. The molecule has 1 heterocycles. The fourth-order valence-corrected chi connectivity index (χ4v) is 3.48. The van der Waals surface area contributed by atoms with Crippen LogP contribution in [0.2, 0.25) is 0 Å². The maximum atomic E-state index is 12.9. The molecule has 0 radical (unpaired) electrons. The molecule has 3 aromatic rings. The zero-order chi connectivity index (χ0) is 20.2. The Kier molecular flexibility index (Phi) is 5.20. The summed E-state index contributed by atoms with van der Waals surface area (Å²) >= 11 is 0. The third-order valence-electron chi connectivity index (χ3n) is 4.92. The van der Waals surface area contributed by atoms with Gasteiger partial charge in [-0.3, -0.25) is 19.3 Å². The maximum Gasteiger partial charge on any atom is 0.256 e. The number of amides is 3. The Bertz CT molecular complexity index is 1040. The van der Waals surface area contributed by atoms with Crippen LogP contribution in [0.3, 0.4) is 0 Å². The van der Waals surface area contributed by atoms with Gasteiger partial charge in [0.25, 0.3) is 5.91 Å². The Morgan fingerprint density at radius 2 is 1.38 bits per heavy atom. The molecule has 5 heteroatoms. The van der Waals surface area contributed by atoms with E-state index in [0.29, 0.717) is 36.2 Å². The van der Waals surface area contributed by atoms with E-state index < -0.39 is 0 Å². The lowest BCUT2D eigenvalue weighted by atomic mass is 9.99. The minimum Gasteiger partial charge on any atom is -0.322 e. The van der Waals surface area contributed by atoms with Crippen molar-refractivity contribution in [2.75, 3.05) is 10.2 Å². The number of hydrogen-bond donors (Lipinski definition) is 1. The van der Waals surface area contributed by atoms with Crippen LogP contribution in [0.25, 0.3) is 11.1 Å². The second-order valence-corrected chi connectivity index (χ2v) is 6.89. The van der Waals surface area contributed by atoms with E-state index in [4.69, 9.17) is 0 Å². The molecule has 29 heavy (non-hydrogen) atoms. The monoisotopic (exact) mass is 384 g/mol. The molecule has 144 valence electrons. The summed E-state index contributed by atoms with van der Waals surface area (Å²) in [5, 5.41) is 2.89. The van der Waals surface area contributed by atoms with Crippen LogP contribution in [0.1, 0.15) is 29.6 Å². The van der Waals surface area contributed by atoms with Crippen molar-refractivity contribution in [2.45, 2.75) is 19.3 Å². The Hall–Kier alpha value is -3.73. The zero-order valence-corrected chi connectivity index (χ0v) is 15.8. The van der Waals surface area contributed by atoms with Gasteiger partial charge in [-0.2, -0.15) is 0 Å². The first-order valence-electron chi connectivity index (χ1n) is 9.55. The molecule has 0 saturated carbocycles. The molecule has 0 spiro atoms. The number of benzene rings is 3. The fourth-order valence-electron chi connectivity index (χ4n) is 3.48. The Morgan fingerprint density at radius 3 is 2.07 bits per heavy atom. The molecule has 1 fully saturated rings. The number of nitrogens with zero attached hydrogens (tertiary/aromatic N) is 1. The van der Waals surface area contributed by atoms with E-state index in [-0.39, 0.29) is 17.7 Å². The van der Waals surface area contributed by atoms with E-state index in [0.717, 1.165) is 11.1 Å². The van der Waals surface area contributed by atoms with Crippen molar-refractivity contribution < 1.29 is 14.4 Å². The largest absolute Gasteiger partial charge is 0.322 e. The molecular formula is C24H20N2O3. The molecule has 3 aromatic carbocycles. The first kappa shape index (κ1) is 18.6. The van der Waals surface area contributed by atoms with Crippen LogP contribution in [-0.2, 0) is 9.59 Å². The molecule has 1 saturated heterocycles. The van der Waals surface area contributed by atoms with Gasteiger partial charge in [-0.05, 0) is 47.9 Å². The number of anilines is 2. The van der Waals surface area contributed by atoms with Crippen LogP contribution < -0.4 is 10.2 Å². The van der Waals surface area contributed by atoms with Gasteiger partial charge in [0.15, 0.2) is 0 Å². The van der Waals surface area contributed by atoms with Gasteiger partial charge in [-0.1, -0.05) is 48.5 Å². The predicted molar refractivity (Wildman–Crippen MR) is 113 cm³/mol. The molecule has 1 aliphatic rings. The number of imide groups is 1. The molecule has 1 N–H and O–H groups in total. The third-order valence-corrected chi connectivity index (χ3v) is 4.92. The van der Waals surface area contributed by atoms with Crippen molar-refractivity contribution >= 4 is 29.1 Å². The molecule has 5 nitrogen and oxygen atoms in total. The van der Waals surface area contributed by atoms with Gasteiger partial charge in [-0.25, -0.2) is 0 Å². The maximum absolute atomic E-state index is 12.9. The second kappa shape index (κ2) is 8.10. The normalized spacial score (nSPS) is 14.0. The van der Waals surface area contributed by atoms with Gasteiger partial charge in [0, 0.05) is 24.1 Å². The lowest BCUT2D eigenvalue weighted by molar-refractivity contribution is -0.129. The molecule has 0 aliphatic carbocycles. The quantitative estimate of drug-likeness (QED) is 0.666. The number of piperidine rings is 1. The van der Waals surface area contributed by atoms with Crippen molar-refractivity contribution in [3.8, 4) is 11.1 Å². The van der Waals surface area contributed by atoms with Crippen molar-refractivity contribution in [1.29, 1.82) is 0 Å². The molecule has 0 atom stereocenters. The number of carbonyl (C=O) groups excluding carboxylic acids is 3. The third kappa shape index (κ3) is 3.94. The summed E-state index contributed by atoms with van der Waals surface area (Å²) in [6.07, 6.45) is 1.35. The van der Waals surface area contributed by atoms with Crippen LogP contribution >= 0.6 is 0 Å². The number of carbonyl (C=O) groups is 3. The van der Waals surface area contributed by atoms with Crippen molar-refractivity contribution in [3.63, 3.8) is 0 Å². The molecule has 1 aliphatic heterocycles. The highest BCUT2D eigenvalue weighted by atomic mass is 16.2. The minimum absolute atomic E-state index is 0.185. The summed E-state index contributed by atoms with van der Waals surface area (Å²) in [6.45, 7) is 0. The highest BCUT2D eigenvalue weighted by Crippen LogP contribution is 2.26. The van der Waals surface area contributed by atoms with Gasteiger partial charge in [0.2, 0.25) is 11.8 Å². The van der Waals surface area contributed by atoms with Crippen LogP contribution in [-0.4, -0.2) is 17.7 Å². The minimum atomic E-state index is -0.220. The average Bonchev–Trinajstić information content (AvgIpc) is 2.75. The van der Waals surface area contributed by atoms with Gasteiger partial charge < -0.3 is 5.32 Å². The average molecular weight is 384 g/mol. The lowest BCUT2D eigenvalue weighted by Crippen LogP contribution is -2.40. The summed E-state index contributed by atoms with van der Waals surface area (Å²) in [5.74, 6) is -0.591. The Morgan fingerprint density at radius 1 is 0.759 bits per heavy atom. The van der Waals surface area contributed by atoms with Crippen LogP contribution in [0.15, 0.2) is 78.9 Å². The zero-order valence-electron chi connectivity index (χ0n) is 15.8. The van der Waals surface area contributed by atoms with Gasteiger partial charge in [-0.15, -0.1) is 0 Å². The first-order chi connectivity index (χ1) is 14.1. The van der Waals surface area contributed by atoms with Crippen LogP contribution in [0, 0.1) is 0 Å². The van der Waals surface area contributed by atoms with E-state index in [1.807, 2.05) is 48.5 Å². The highest BCUT2D eigenvalue weighted by molar-refractivity contribution is 6.16. The molecule has 4 rings (SSSR count). The van der Waals surface area contributed by atoms with Crippen LogP contribution in [0.5, 0.6) is 0 Å². The van der Waals surface area contributed by atoms with E-state index >= 15 is 0 Å². The topological polar surface area (TPSA) is 66.5 Å². The first-order valence-corrected chi connectivity index (χ1v) is 9.55. The van der Waals surface area contributed by atoms with Gasteiger partial charge in [0.1, 0.15) is 0 Å². The number of rotatable bonds is 4. The Labute approximate surface area is 169 Å². The second-order valence-electron chi connectivity index (χ2n) is 6.89. The van der Waals surface area contributed by atoms with Crippen LogP contribution in [0.4, 0.5) is 11.4 Å². The molecule has 0 unspecified atom stereocenters. The summed E-state index contributed by atoms with van der Waals surface area (Å²) < 4.78 is 0. The SMILES string of the molecule is O=C(Nc1ccc(N2C(=O)CCCC2=O)cc1)c1ccccc1-c1ccccc1. The summed E-state index contributed by atoms with van der Waals surface area (Å²) in [5.41, 5.74) is 3.52. The van der Waals surface area contributed by atoms with E-state index in [9.17, 15) is 14.4 Å².